The summed E-state index contributed by atoms with van der Waals surface area (Å²) in [4.78, 5) is 23.4. The van der Waals surface area contributed by atoms with E-state index in [4.69, 9.17) is 5.73 Å². The van der Waals surface area contributed by atoms with Crippen LogP contribution in [0.3, 0.4) is 0 Å². The average Bonchev–Trinajstić information content (AvgIpc) is 2.29. The summed E-state index contributed by atoms with van der Waals surface area (Å²) in [7, 11) is 0. The minimum Gasteiger partial charge on any atom is -0.480 e. The highest BCUT2D eigenvalue weighted by Crippen LogP contribution is 2.24. The number of hydrogen-bond acceptors (Lipinski definition) is 3. The Balaban J connectivity index is 2.63. The van der Waals surface area contributed by atoms with Crippen LogP contribution in [0.25, 0.3) is 0 Å². The van der Waals surface area contributed by atoms with E-state index in [1.165, 1.54) is 0 Å². The van der Waals surface area contributed by atoms with Crippen LogP contribution >= 0.6 is 0 Å². The number of carbonyl (C=O) groups is 2. The number of carbonyl (C=O) groups excluding carboxylic acids is 1. The fraction of sp³-hybridized carbons (Fsp3) is 0.846. The fourth-order valence-corrected chi connectivity index (χ4v) is 2.56. The summed E-state index contributed by atoms with van der Waals surface area (Å²) >= 11 is 0. The molecule has 0 saturated heterocycles. The molecule has 3 unspecified atom stereocenters. The van der Waals surface area contributed by atoms with E-state index in [0.717, 1.165) is 19.3 Å². The zero-order chi connectivity index (χ0) is 13.8. The lowest BCUT2D eigenvalue weighted by Gasteiger charge is -2.31. The van der Waals surface area contributed by atoms with E-state index in [1.807, 2.05) is 6.92 Å². The van der Waals surface area contributed by atoms with E-state index < -0.39 is 11.5 Å². The number of nitrogens with one attached hydrogen (secondary N) is 1. The summed E-state index contributed by atoms with van der Waals surface area (Å²) in [5.74, 6) is -1.27. The molecule has 0 radical (unpaired) electrons. The predicted molar refractivity (Wildman–Crippen MR) is 69.0 cm³/mol. The molecule has 0 heterocycles. The molecule has 0 aromatic carbocycles. The molecule has 1 aliphatic carbocycles. The number of aliphatic carboxylic acids is 1. The smallest absolute Gasteiger partial charge is 0.329 e. The summed E-state index contributed by atoms with van der Waals surface area (Å²) in [6.45, 7) is 3.48. The van der Waals surface area contributed by atoms with Gasteiger partial charge in [-0.15, -0.1) is 0 Å². The molecule has 0 aliphatic heterocycles. The van der Waals surface area contributed by atoms with Crippen LogP contribution in [-0.4, -0.2) is 28.6 Å². The van der Waals surface area contributed by atoms with Crippen molar-refractivity contribution in [2.24, 2.45) is 11.7 Å². The van der Waals surface area contributed by atoms with Crippen LogP contribution in [0.4, 0.5) is 0 Å². The lowest BCUT2D eigenvalue weighted by atomic mass is 9.84. The largest absolute Gasteiger partial charge is 0.480 e. The van der Waals surface area contributed by atoms with Crippen LogP contribution in [0, 0.1) is 5.92 Å². The predicted octanol–water partition coefficient (Wildman–Crippen LogP) is 1.26. The molecule has 1 fully saturated rings. The SMILES string of the molecule is CCCC(C)(NC(=O)C1CCCC(N)C1)C(=O)O. The summed E-state index contributed by atoms with van der Waals surface area (Å²) in [6.07, 6.45) is 4.51. The Morgan fingerprint density at radius 2 is 2.11 bits per heavy atom. The number of carboxylic acid groups (broad SMARTS) is 1. The van der Waals surface area contributed by atoms with Crippen molar-refractivity contribution in [3.63, 3.8) is 0 Å². The second-order valence-corrected chi connectivity index (χ2v) is 5.50. The van der Waals surface area contributed by atoms with Crippen molar-refractivity contribution in [3.05, 3.63) is 0 Å². The van der Waals surface area contributed by atoms with Gasteiger partial charge in [-0.2, -0.15) is 0 Å². The zero-order valence-corrected chi connectivity index (χ0v) is 11.2. The molecular weight excluding hydrogens is 232 g/mol. The third-order valence-electron chi connectivity index (χ3n) is 3.71. The maximum absolute atomic E-state index is 12.1. The second kappa shape index (κ2) is 6.18. The van der Waals surface area contributed by atoms with Gasteiger partial charge in [-0.05, 0) is 32.6 Å². The van der Waals surface area contributed by atoms with Crippen LogP contribution in [0.1, 0.15) is 52.4 Å². The number of amides is 1. The van der Waals surface area contributed by atoms with Crippen molar-refractivity contribution in [2.75, 3.05) is 0 Å². The van der Waals surface area contributed by atoms with Crippen molar-refractivity contribution >= 4 is 11.9 Å². The molecule has 3 atom stereocenters. The van der Waals surface area contributed by atoms with Gasteiger partial charge in [0.1, 0.15) is 5.54 Å². The van der Waals surface area contributed by atoms with Crippen LogP contribution in [0.2, 0.25) is 0 Å². The van der Waals surface area contributed by atoms with E-state index in [-0.39, 0.29) is 17.9 Å². The number of rotatable bonds is 5. The standard InChI is InChI=1S/C13H24N2O3/c1-3-7-13(2,12(17)18)15-11(16)9-5-4-6-10(14)8-9/h9-10H,3-8,14H2,1-2H3,(H,15,16)(H,17,18). The molecule has 1 amide bonds. The first-order valence-corrected chi connectivity index (χ1v) is 6.70. The lowest BCUT2D eigenvalue weighted by Crippen LogP contribution is -2.54. The van der Waals surface area contributed by atoms with Crippen LogP contribution in [-0.2, 0) is 9.59 Å². The zero-order valence-electron chi connectivity index (χ0n) is 11.2. The van der Waals surface area contributed by atoms with Crippen LogP contribution < -0.4 is 11.1 Å². The van der Waals surface area contributed by atoms with Crippen molar-refractivity contribution in [1.29, 1.82) is 0 Å². The Morgan fingerprint density at radius 1 is 1.44 bits per heavy atom. The van der Waals surface area contributed by atoms with Gasteiger partial charge in [-0.1, -0.05) is 19.8 Å². The van der Waals surface area contributed by atoms with Gasteiger partial charge < -0.3 is 16.2 Å². The van der Waals surface area contributed by atoms with Gasteiger partial charge in [-0.3, -0.25) is 4.79 Å². The first-order valence-electron chi connectivity index (χ1n) is 6.70. The summed E-state index contributed by atoms with van der Waals surface area (Å²) < 4.78 is 0. The number of hydrogen-bond donors (Lipinski definition) is 3. The van der Waals surface area contributed by atoms with E-state index in [0.29, 0.717) is 19.3 Å². The molecule has 104 valence electrons. The topological polar surface area (TPSA) is 92.4 Å². The van der Waals surface area contributed by atoms with Gasteiger partial charge >= 0.3 is 5.97 Å². The molecule has 18 heavy (non-hydrogen) atoms. The molecular formula is C13H24N2O3. The van der Waals surface area contributed by atoms with Gasteiger partial charge in [-0.25, -0.2) is 4.79 Å². The van der Waals surface area contributed by atoms with Crippen molar-refractivity contribution in [3.8, 4) is 0 Å². The molecule has 5 heteroatoms. The van der Waals surface area contributed by atoms with Gasteiger partial charge in [0.2, 0.25) is 5.91 Å². The van der Waals surface area contributed by atoms with E-state index in [2.05, 4.69) is 5.32 Å². The number of carboxylic acids is 1. The van der Waals surface area contributed by atoms with Gasteiger partial charge in [0.05, 0.1) is 0 Å². The molecule has 1 rings (SSSR count). The van der Waals surface area contributed by atoms with E-state index in [9.17, 15) is 14.7 Å². The molecule has 0 bridgehead atoms. The highest BCUT2D eigenvalue weighted by molar-refractivity contribution is 5.87. The first kappa shape index (κ1) is 15.0. The van der Waals surface area contributed by atoms with Crippen molar-refractivity contribution in [1.82, 2.24) is 5.32 Å². The molecule has 1 aliphatic rings. The van der Waals surface area contributed by atoms with Crippen molar-refractivity contribution in [2.45, 2.75) is 64.0 Å². The Morgan fingerprint density at radius 3 is 2.61 bits per heavy atom. The molecule has 5 nitrogen and oxygen atoms in total. The normalized spacial score (nSPS) is 27.3. The molecule has 1 saturated carbocycles. The van der Waals surface area contributed by atoms with Crippen molar-refractivity contribution < 1.29 is 14.7 Å². The maximum atomic E-state index is 12.1. The third-order valence-corrected chi connectivity index (χ3v) is 3.71. The van der Waals surface area contributed by atoms with Gasteiger partial charge in [0, 0.05) is 12.0 Å². The maximum Gasteiger partial charge on any atom is 0.329 e. The highest BCUT2D eigenvalue weighted by atomic mass is 16.4. The van der Waals surface area contributed by atoms with E-state index >= 15 is 0 Å². The Hall–Kier alpha value is -1.10. The summed E-state index contributed by atoms with van der Waals surface area (Å²) in [5, 5.41) is 11.9. The summed E-state index contributed by atoms with van der Waals surface area (Å²) in [5.41, 5.74) is 4.69. The Kier molecular flexibility index (Phi) is 5.14. The Labute approximate surface area is 108 Å². The monoisotopic (exact) mass is 256 g/mol. The average molecular weight is 256 g/mol. The molecule has 0 aromatic rings. The number of nitrogens with two attached hydrogens (primary N) is 1. The molecule has 4 N–H and O–H groups in total. The van der Waals surface area contributed by atoms with Crippen LogP contribution in [0.5, 0.6) is 0 Å². The van der Waals surface area contributed by atoms with E-state index in [1.54, 1.807) is 6.92 Å². The quantitative estimate of drug-likeness (QED) is 0.690. The molecule has 0 aromatic heterocycles. The van der Waals surface area contributed by atoms with Gasteiger partial charge in [0.15, 0.2) is 0 Å². The summed E-state index contributed by atoms with van der Waals surface area (Å²) in [6, 6.07) is 0.0664. The lowest BCUT2D eigenvalue weighted by molar-refractivity contribution is -0.148. The first-order chi connectivity index (χ1) is 8.39. The molecule has 0 spiro atoms. The van der Waals surface area contributed by atoms with Gasteiger partial charge in [0.25, 0.3) is 0 Å². The Bertz CT molecular complexity index is 319. The van der Waals surface area contributed by atoms with Crippen LogP contribution in [0.15, 0.2) is 0 Å². The third kappa shape index (κ3) is 3.70. The minimum atomic E-state index is -1.16. The highest BCUT2D eigenvalue weighted by Gasteiger charge is 2.36. The fourth-order valence-electron chi connectivity index (χ4n) is 2.56. The minimum absolute atomic E-state index is 0.0664. The second-order valence-electron chi connectivity index (χ2n) is 5.50.